The Morgan fingerprint density at radius 1 is 1.20 bits per heavy atom. The number of carbonyl (C=O) groups is 2. The molecule has 7 heteroatoms. The van der Waals surface area contributed by atoms with Crippen molar-refractivity contribution in [1.29, 1.82) is 0 Å². The van der Waals surface area contributed by atoms with Gasteiger partial charge in [-0.3, -0.25) is 4.79 Å². The number of aliphatic carboxylic acids is 1. The van der Waals surface area contributed by atoms with Gasteiger partial charge in [0.05, 0.1) is 6.10 Å². The Bertz CT molecular complexity index is 484. The molecule has 25 heavy (non-hydrogen) atoms. The fraction of sp³-hybridized carbons (Fsp3) is 0.778. The first-order valence-corrected chi connectivity index (χ1v) is 8.80. The molecule has 7 nitrogen and oxygen atoms in total. The van der Waals surface area contributed by atoms with Crippen LogP contribution >= 0.6 is 0 Å². The molecule has 1 unspecified atom stereocenters. The van der Waals surface area contributed by atoms with Crippen LogP contribution in [0.15, 0.2) is 12.2 Å². The van der Waals surface area contributed by atoms with Gasteiger partial charge in [0.25, 0.3) is 0 Å². The molecule has 143 valence electrons. The molecule has 0 saturated carbocycles. The van der Waals surface area contributed by atoms with Crippen LogP contribution < -0.4 is 5.32 Å². The molecule has 1 amide bonds. The Morgan fingerprint density at radius 2 is 1.76 bits per heavy atom. The van der Waals surface area contributed by atoms with Crippen LogP contribution in [0.2, 0.25) is 0 Å². The van der Waals surface area contributed by atoms with Gasteiger partial charge >= 0.3 is 5.97 Å². The van der Waals surface area contributed by atoms with Crippen LogP contribution in [0, 0.1) is 0 Å². The average Bonchev–Trinajstić information content (AvgIpc) is 2.46. The Labute approximate surface area is 149 Å². The number of rotatable bonds is 8. The van der Waals surface area contributed by atoms with Crippen LogP contribution in [-0.2, 0) is 14.8 Å². The number of carboxylic acids is 1. The molecule has 1 atom stereocenters. The topological polar surface area (TPSA) is 110 Å². The number of hydrogen-bond donors (Lipinski definition) is 3. The standard InChI is InChI=1S/C18H31N2O5/c1-17(2)11-13(12-18(3,4)20(17)25)19-15(22)8-6-5-7-14(21)9-10-16(23)24/h9-10,13-14,21H,5-8,11-12H2,1-4H3,(H,19,22)(H,23,24)/b10-9+. The number of aliphatic hydroxyl groups is 1. The van der Waals surface area contributed by atoms with Crippen molar-refractivity contribution in [3.63, 3.8) is 0 Å². The average molecular weight is 355 g/mol. The third-order valence-corrected chi connectivity index (χ3v) is 4.57. The Kier molecular flexibility index (Phi) is 7.59. The number of carboxylic acid groups (broad SMARTS) is 1. The lowest BCUT2D eigenvalue weighted by molar-refractivity contribution is -0.290. The van der Waals surface area contributed by atoms with Gasteiger partial charge in [0, 0.05) is 29.6 Å². The van der Waals surface area contributed by atoms with E-state index >= 15 is 0 Å². The summed E-state index contributed by atoms with van der Waals surface area (Å²) in [4.78, 5) is 22.5. The highest BCUT2D eigenvalue weighted by atomic mass is 16.5. The van der Waals surface area contributed by atoms with Gasteiger partial charge in [-0.1, -0.05) is 6.42 Å². The van der Waals surface area contributed by atoms with E-state index < -0.39 is 23.2 Å². The summed E-state index contributed by atoms with van der Waals surface area (Å²) in [5.41, 5.74) is -1.03. The van der Waals surface area contributed by atoms with Crippen molar-refractivity contribution in [2.24, 2.45) is 0 Å². The number of aliphatic hydroxyl groups excluding tert-OH is 1. The van der Waals surface area contributed by atoms with E-state index in [1.165, 1.54) is 6.08 Å². The molecule has 0 aliphatic carbocycles. The Balaban J connectivity index is 2.34. The highest BCUT2D eigenvalue weighted by Crippen LogP contribution is 2.36. The molecule has 1 aliphatic rings. The van der Waals surface area contributed by atoms with Crippen molar-refractivity contribution in [3.05, 3.63) is 12.2 Å². The number of unbranched alkanes of at least 4 members (excludes halogenated alkanes) is 1. The maximum Gasteiger partial charge on any atom is 0.328 e. The van der Waals surface area contributed by atoms with E-state index in [4.69, 9.17) is 5.11 Å². The van der Waals surface area contributed by atoms with Gasteiger partial charge in [0.15, 0.2) is 0 Å². The number of amides is 1. The van der Waals surface area contributed by atoms with Gasteiger partial charge in [0.1, 0.15) is 0 Å². The SMILES string of the molecule is CC1(C)CC(NC(=O)CCCCC(O)/C=C/C(=O)O)CC(C)(C)N1[O]. The summed E-state index contributed by atoms with van der Waals surface area (Å²) in [6.07, 6.45) is 4.62. The molecule has 0 aromatic carbocycles. The molecular weight excluding hydrogens is 324 g/mol. The number of nitrogens with zero attached hydrogens (tertiary/aromatic N) is 1. The summed E-state index contributed by atoms with van der Waals surface area (Å²) in [5, 5.41) is 34.5. The molecule has 1 rings (SSSR count). The molecule has 3 N–H and O–H groups in total. The summed E-state index contributed by atoms with van der Waals surface area (Å²) < 4.78 is 0. The molecule has 0 aromatic heterocycles. The lowest BCUT2D eigenvalue weighted by Crippen LogP contribution is -2.62. The largest absolute Gasteiger partial charge is 0.478 e. The fourth-order valence-electron chi connectivity index (χ4n) is 3.59. The van der Waals surface area contributed by atoms with E-state index in [1.807, 2.05) is 27.7 Å². The van der Waals surface area contributed by atoms with Crippen molar-refractivity contribution in [2.75, 3.05) is 0 Å². The highest BCUT2D eigenvalue weighted by molar-refractivity contribution is 5.79. The van der Waals surface area contributed by atoms with E-state index in [2.05, 4.69) is 5.32 Å². The first kappa shape index (κ1) is 21.6. The molecular formula is C18H31N2O5. The molecule has 0 spiro atoms. The number of piperidine rings is 1. The number of hydroxylamine groups is 2. The van der Waals surface area contributed by atoms with Crippen LogP contribution in [0.1, 0.15) is 66.2 Å². The van der Waals surface area contributed by atoms with Gasteiger partial charge in [-0.25, -0.2) is 4.79 Å². The smallest absolute Gasteiger partial charge is 0.328 e. The third kappa shape index (κ3) is 7.13. The quantitative estimate of drug-likeness (QED) is 0.456. The summed E-state index contributed by atoms with van der Waals surface area (Å²) >= 11 is 0. The van der Waals surface area contributed by atoms with Crippen molar-refractivity contribution < 1.29 is 25.0 Å². The first-order valence-electron chi connectivity index (χ1n) is 8.80. The van der Waals surface area contributed by atoms with Gasteiger partial charge < -0.3 is 15.5 Å². The Morgan fingerprint density at radius 3 is 2.28 bits per heavy atom. The number of hydrogen-bond acceptors (Lipinski definition) is 4. The minimum absolute atomic E-state index is 0.0215. The van der Waals surface area contributed by atoms with Crippen LogP contribution in [0.25, 0.3) is 0 Å². The molecule has 1 heterocycles. The molecule has 1 aliphatic heterocycles. The predicted molar refractivity (Wildman–Crippen MR) is 93.1 cm³/mol. The summed E-state index contributed by atoms with van der Waals surface area (Å²) in [6, 6.07) is -0.0215. The van der Waals surface area contributed by atoms with E-state index in [-0.39, 0.29) is 11.9 Å². The van der Waals surface area contributed by atoms with Crippen molar-refractivity contribution in [1.82, 2.24) is 10.4 Å². The van der Waals surface area contributed by atoms with Crippen molar-refractivity contribution in [3.8, 4) is 0 Å². The third-order valence-electron chi connectivity index (χ3n) is 4.57. The highest BCUT2D eigenvalue weighted by Gasteiger charge is 2.46. The van der Waals surface area contributed by atoms with E-state index in [1.54, 1.807) is 0 Å². The van der Waals surface area contributed by atoms with Crippen LogP contribution in [0.4, 0.5) is 0 Å². The van der Waals surface area contributed by atoms with Crippen LogP contribution in [0.5, 0.6) is 0 Å². The van der Waals surface area contributed by atoms with Gasteiger partial charge in [-0.05, 0) is 59.5 Å². The summed E-state index contributed by atoms with van der Waals surface area (Å²) in [5.74, 6) is -1.14. The second kappa shape index (κ2) is 8.78. The first-order chi connectivity index (χ1) is 11.4. The van der Waals surface area contributed by atoms with Crippen LogP contribution in [0.3, 0.4) is 0 Å². The lowest BCUT2D eigenvalue weighted by atomic mass is 9.79. The maximum atomic E-state index is 12.3. The van der Waals surface area contributed by atoms with E-state index in [0.29, 0.717) is 38.5 Å². The van der Waals surface area contributed by atoms with E-state index in [9.17, 15) is 19.9 Å². The second-order valence-electron chi connectivity index (χ2n) is 8.10. The Hall–Kier alpha value is -1.44. The fourth-order valence-corrected chi connectivity index (χ4v) is 3.59. The number of carbonyl (C=O) groups excluding carboxylic acids is 1. The zero-order chi connectivity index (χ0) is 19.3. The van der Waals surface area contributed by atoms with Crippen molar-refractivity contribution in [2.45, 2.75) is 89.4 Å². The minimum Gasteiger partial charge on any atom is -0.478 e. The summed E-state index contributed by atoms with van der Waals surface area (Å²) in [7, 11) is 0. The summed E-state index contributed by atoms with van der Waals surface area (Å²) in [6.45, 7) is 7.58. The van der Waals surface area contributed by atoms with Crippen molar-refractivity contribution >= 4 is 11.9 Å². The molecule has 1 saturated heterocycles. The zero-order valence-electron chi connectivity index (χ0n) is 15.6. The zero-order valence-corrected chi connectivity index (χ0v) is 15.6. The maximum absolute atomic E-state index is 12.3. The van der Waals surface area contributed by atoms with E-state index in [0.717, 1.165) is 11.1 Å². The second-order valence-corrected chi connectivity index (χ2v) is 8.10. The van der Waals surface area contributed by atoms with Gasteiger partial charge in [-0.15, -0.1) is 10.3 Å². The molecule has 1 fully saturated rings. The van der Waals surface area contributed by atoms with Gasteiger partial charge in [0.2, 0.25) is 5.91 Å². The minimum atomic E-state index is -1.09. The predicted octanol–water partition coefficient (Wildman–Crippen LogP) is 2.03. The number of nitrogens with one attached hydrogen (secondary N) is 1. The lowest BCUT2D eigenvalue weighted by Gasteiger charge is -2.50. The van der Waals surface area contributed by atoms with Gasteiger partial charge in [-0.2, -0.15) is 0 Å². The van der Waals surface area contributed by atoms with Crippen LogP contribution in [-0.4, -0.2) is 50.4 Å². The molecule has 0 bridgehead atoms. The monoisotopic (exact) mass is 355 g/mol. The molecule has 0 aromatic rings. The molecule has 1 radical (unpaired) electrons. The normalized spacial score (nSPS) is 22.0.